The predicted octanol–water partition coefficient (Wildman–Crippen LogP) is 0.114. The maximum absolute atomic E-state index is 11.7. The number of hydrogen-bond acceptors (Lipinski definition) is 3. The summed E-state index contributed by atoms with van der Waals surface area (Å²) in [5.74, 6) is 0.574. The van der Waals surface area contributed by atoms with Crippen LogP contribution in [0.2, 0.25) is 0 Å². The first-order valence-electron chi connectivity index (χ1n) is 6.24. The molecule has 0 aliphatic carbocycles. The molecule has 1 unspecified atom stereocenters. The molecule has 0 aromatic heterocycles. The molecule has 0 saturated carbocycles. The van der Waals surface area contributed by atoms with Crippen molar-refractivity contribution in [2.45, 2.75) is 20.3 Å². The number of rotatable bonds is 5. The predicted molar refractivity (Wildman–Crippen MR) is 67.9 cm³/mol. The van der Waals surface area contributed by atoms with Crippen molar-refractivity contribution >= 4 is 10.2 Å². The standard InChI is InChI=1S/C11H23N3O2S/c1-11(2,10-4-5-13(3)8-10)9-12-17(15,16)14-6-7-14/h10,12H,4-9H2,1-3H3. The molecular formula is C11H23N3O2S. The SMILES string of the molecule is CN1CCC(C(C)(C)CNS(=O)(=O)N2CC2)C1. The Balaban J connectivity index is 1.88. The second-order valence-electron chi connectivity index (χ2n) is 5.96. The summed E-state index contributed by atoms with van der Waals surface area (Å²) in [6.45, 7) is 8.36. The highest BCUT2D eigenvalue weighted by Gasteiger charge is 2.37. The summed E-state index contributed by atoms with van der Waals surface area (Å²) in [6.07, 6.45) is 1.16. The number of hydrogen-bond donors (Lipinski definition) is 1. The molecule has 0 spiro atoms. The maximum atomic E-state index is 11.7. The lowest BCUT2D eigenvalue weighted by Crippen LogP contribution is -2.41. The van der Waals surface area contributed by atoms with Gasteiger partial charge < -0.3 is 4.90 Å². The van der Waals surface area contributed by atoms with Crippen molar-refractivity contribution in [1.29, 1.82) is 0 Å². The van der Waals surface area contributed by atoms with E-state index >= 15 is 0 Å². The van der Waals surface area contributed by atoms with Crippen LogP contribution in [0.5, 0.6) is 0 Å². The van der Waals surface area contributed by atoms with E-state index in [0.717, 1.165) is 19.5 Å². The third kappa shape index (κ3) is 3.19. The average Bonchev–Trinajstić information content (AvgIpc) is 3.00. The van der Waals surface area contributed by atoms with Gasteiger partial charge in [-0.05, 0) is 31.3 Å². The van der Waals surface area contributed by atoms with Crippen LogP contribution in [-0.4, -0.2) is 57.4 Å². The summed E-state index contributed by atoms with van der Waals surface area (Å²) < 4.78 is 27.6. The van der Waals surface area contributed by atoms with E-state index in [2.05, 4.69) is 30.5 Å². The van der Waals surface area contributed by atoms with Gasteiger partial charge in [-0.3, -0.25) is 0 Å². The molecule has 2 rings (SSSR count). The van der Waals surface area contributed by atoms with Crippen LogP contribution in [0.15, 0.2) is 0 Å². The molecule has 6 heteroatoms. The van der Waals surface area contributed by atoms with Crippen LogP contribution in [0.1, 0.15) is 20.3 Å². The summed E-state index contributed by atoms with van der Waals surface area (Å²) in [6, 6.07) is 0. The molecule has 17 heavy (non-hydrogen) atoms. The minimum Gasteiger partial charge on any atom is -0.306 e. The summed E-state index contributed by atoms with van der Waals surface area (Å²) in [5.41, 5.74) is 0.0217. The van der Waals surface area contributed by atoms with Gasteiger partial charge in [0.2, 0.25) is 0 Å². The van der Waals surface area contributed by atoms with Crippen LogP contribution in [0.4, 0.5) is 0 Å². The Bertz CT molecular complexity index is 376. The van der Waals surface area contributed by atoms with Crippen LogP contribution in [-0.2, 0) is 10.2 Å². The highest BCUT2D eigenvalue weighted by Crippen LogP contribution is 2.33. The summed E-state index contributed by atoms with van der Waals surface area (Å²) in [4.78, 5) is 2.31. The molecule has 100 valence electrons. The van der Waals surface area contributed by atoms with Gasteiger partial charge in [-0.25, -0.2) is 4.72 Å². The second kappa shape index (κ2) is 4.50. The first-order valence-corrected chi connectivity index (χ1v) is 7.68. The second-order valence-corrected chi connectivity index (χ2v) is 7.72. The highest BCUT2D eigenvalue weighted by atomic mass is 32.2. The fourth-order valence-electron chi connectivity index (χ4n) is 2.37. The van der Waals surface area contributed by atoms with E-state index in [0.29, 0.717) is 25.6 Å². The molecule has 0 aromatic rings. The van der Waals surface area contributed by atoms with E-state index in [1.807, 2.05) is 0 Å². The lowest BCUT2D eigenvalue weighted by atomic mass is 9.78. The van der Waals surface area contributed by atoms with Crippen LogP contribution in [0, 0.1) is 11.3 Å². The van der Waals surface area contributed by atoms with Crippen molar-refractivity contribution in [1.82, 2.24) is 13.9 Å². The zero-order valence-electron chi connectivity index (χ0n) is 10.9. The van der Waals surface area contributed by atoms with E-state index in [1.165, 1.54) is 4.31 Å². The minimum absolute atomic E-state index is 0.0217. The van der Waals surface area contributed by atoms with Gasteiger partial charge >= 0.3 is 0 Å². The summed E-state index contributed by atoms with van der Waals surface area (Å²) in [5, 5.41) is 0. The quantitative estimate of drug-likeness (QED) is 0.715. The van der Waals surface area contributed by atoms with E-state index < -0.39 is 10.2 Å². The zero-order valence-corrected chi connectivity index (χ0v) is 11.8. The van der Waals surface area contributed by atoms with Crippen LogP contribution >= 0.6 is 0 Å². The van der Waals surface area contributed by atoms with Gasteiger partial charge in [-0.15, -0.1) is 0 Å². The Kier molecular flexibility index (Phi) is 3.51. The van der Waals surface area contributed by atoms with Crippen LogP contribution < -0.4 is 4.72 Å². The number of likely N-dealkylation sites (tertiary alicyclic amines) is 1. The van der Waals surface area contributed by atoms with E-state index in [-0.39, 0.29) is 5.41 Å². The van der Waals surface area contributed by atoms with Crippen LogP contribution in [0.25, 0.3) is 0 Å². The first kappa shape index (κ1) is 13.3. The van der Waals surface area contributed by atoms with Gasteiger partial charge in [0.25, 0.3) is 10.2 Å². The van der Waals surface area contributed by atoms with Gasteiger partial charge in [0.1, 0.15) is 0 Å². The molecule has 0 aromatic carbocycles. The summed E-state index contributed by atoms with van der Waals surface area (Å²) >= 11 is 0. The third-order valence-electron chi connectivity index (χ3n) is 3.95. The average molecular weight is 261 g/mol. The fourth-order valence-corrected chi connectivity index (χ4v) is 3.67. The highest BCUT2D eigenvalue weighted by molar-refractivity contribution is 7.87. The molecule has 2 heterocycles. The Morgan fingerprint density at radius 1 is 1.29 bits per heavy atom. The van der Waals surface area contributed by atoms with Gasteiger partial charge in [0.05, 0.1) is 0 Å². The zero-order chi connectivity index (χ0) is 12.7. The van der Waals surface area contributed by atoms with Crippen molar-refractivity contribution in [2.24, 2.45) is 11.3 Å². The Morgan fingerprint density at radius 3 is 2.41 bits per heavy atom. The van der Waals surface area contributed by atoms with Crippen molar-refractivity contribution in [2.75, 3.05) is 39.8 Å². The Hall–Kier alpha value is -0.170. The topological polar surface area (TPSA) is 52.4 Å². The number of nitrogens with zero attached hydrogens (tertiary/aromatic N) is 2. The third-order valence-corrected chi connectivity index (χ3v) is 5.51. The molecule has 0 amide bonds. The lowest BCUT2D eigenvalue weighted by molar-refractivity contribution is 0.216. The molecule has 2 fully saturated rings. The minimum atomic E-state index is -3.19. The number of nitrogens with one attached hydrogen (secondary N) is 1. The van der Waals surface area contributed by atoms with Crippen molar-refractivity contribution < 1.29 is 8.42 Å². The maximum Gasteiger partial charge on any atom is 0.279 e. The first-order chi connectivity index (χ1) is 7.81. The van der Waals surface area contributed by atoms with Gasteiger partial charge in [0, 0.05) is 26.2 Å². The van der Waals surface area contributed by atoms with Crippen molar-refractivity contribution in [3.63, 3.8) is 0 Å². The van der Waals surface area contributed by atoms with Gasteiger partial charge in [-0.2, -0.15) is 12.7 Å². The molecule has 2 saturated heterocycles. The van der Waals surface area contributed by atoms with Crippen molar-refractivity contribution in [3.05, 3.63) is 0 Å². The van der Waals surface area contributed by atoms with Crippen molar-refractivity contribution in [3.8, 4) is 0 Å². The molecular weight excluding hydrogens is 238 g/mol. The Morgan fingerprint density at radius 2 is 1.94 bits per heavy atom. The lowest BCUT2D eigenvalue weighted by Gasteiger charge is -2.31. The monoisotopic (exact) mass is 261 g/mol. The molecule has 2 aliphatic rings. The molecule has 0 bridgehead atoms. The fraction of sp³-hybridized carbons (Fsp3) is 1.00. The Labute approximate surface area is 104 Å². The van der Waals surface area contributed by atoms with Gasteiger partial charge in [-0.1, -0.05) is 13.8 Å². The summed E-state index contributed by atoms with van der Waals surface area (Å²) in [7, 11) is -1.07. The largest absolute Gasteiger partial charge is 0.306 e. The van der Waals surface area contributed by atoms with Crippen LogP contribution in [0.3, 0.4) is 0 Å². The smallest absolute Gasteiger partial charge is 0.279 e. The van der Waals surface area contributed by atoms with Gasteiger partial charge in [0.15, 0.2) is 0 Å². The molecule has 2 aliphatic heterocycles. The molecule has 1 atom stereocenters. The van der Waals surface area contributed by atoms with E-state index in [4.69, 9.17) is 0 Å². The van der Waals surface area contributed by atoms with E-state index in [9.17, 15) is 8.42 Å². The van der Waals surface area contributed by atoms with E-state index in [1.54, 1.807) is 0 Å². The molecule has 5 nitrogen and oxygen atoms in total. The molecule has 1 N–H and O–H groups in total. The molecule has 0 radical (unpaired) electrons. The normalized spacial score (nSPS) is 27.6.